The molecule has 1 saturated heterocycles. The molecule has 0 atom stereocenters. The number of likely N-dealkylation sites (N-methyl/N-ethyl adjacent to an activating group) is 1. The van der Waals surface area contributed by atoms with Crippen LogP contribution in [-0.4, -0.2) is 63.4 Å². The van der Waals surface area contributed by atoms with Crippen LogP contribution in [0.15, 0.2) is 73.8 Å². The van der Waals surface area contributed by atoms with E-state index < -0.39 is 0 Å². The second-order valence-corrected chi connectivity index (χ2v) is 8.24. The van der Waals surface area contributed by atoms with Crippen molar-refractivity contribution in [3.8, 4) is 11.3 Å². The van der Waals surface area contributed by atoms with Gasteiger partial charge in [-0.2, -0.15) is 4.98 Å². The first-order valence-electron chi connectivity index (χ1n) is 11.1. The number of anilines is 4. The zero-order valence-corrected chi connectivity index (χ0v) is 19.0. The van der Waals surface area contributed by atoms with Gasteiger partial charge in [-0.25, -0.2) is 9.97 Å². The second-order valence-electron chi connectivity index (χ2n) is 8.24. The molecule has 9 nitrogen and oxygen atoms in total. The largest absolute Gasteiger partial charge is 0.369 e. The number of rotatable bonds is 6. The Morgan fingerprint density at radius 2 is 1.76 bits per heavy atom. The highest BCUT2D eigenvalue weighted by Gasteiger charge is 2.15. The monoisotopic (exact) mass is 454 g/mol. The number of carbonyl (C=O) groups excluding carboxylic acids is 1. The van der Waals surface area contributed by atoms with Crippen LogP contribution in [0.25, 0.3) is 16.9 Å². The molecule has 172 valence electrons. The summed E-state index contributed by atoms with van der Waals surface area (Å²) in [7, 11) is 2.16. The molecule has 1 aliphatic rings. The normalized spacial score (nSPS) is 14.2. The van der Waals surface area contributed by atoms with Gasteiger partial charge in [0.25, 0.3) is 0 Å². The van der Waals surface area contributed by atoms with E-state index >= 15 is 0 Å². The maximum atomic E-state index is 11.7. The van der Waals surface area contributed by atoms with Crippen LogP contribution < -0.4 is 15.5 Å². The summed E-state index contributed by atoms with van der Waals surface area (Å²) in [5, 5.41) is 6.06. The average Bonchev–Trinajstić information content (AvgIpc) is 3.28. The highest BCUT2D eigenvalue weighted by Crippen LogP contribution is 2.26. The van der Waals surface area contributed by atoms with E-state index in [4.69, 9.17) is 4.98 Å². The molecule has 0 saturated carbocycles. The van der Waals surface area contributed by atoms with Gasteiger partial charge in [0.15, 0.2) is 5.65 Å². The number of aromatic nitrogens is 4. The minimum atomic E-state index is -0.265. The molecule has 1 amide bonds. The van der Waals surface area contributed by atoms with Crippen LogP contribution in [0, 0.1) is 0 Å². The molecular weight excluding hydrogens is 428 g/mol. The zero-order chi connectivity index (χ0) is 23.5. The molecule has 2 aromatic heterocycles. The summed E-state index contributed by atoms with van der Waals surface area (Å²) in [5.74, 6) is 0.219. The number of nitrogens with zero attached hydrogens (tertiary/aromatic N) is 6. The van der Waals surface area contributed by atoms with Crippen LogP contribution in [0.3, 0.4) is 0 Å². The summed E-state index contributed by atoms with van der Waals surface area (Å²) in [6.07, 6.45) is 4.60. The smallest absolute Gasteiger partial charge is 0.247 e. The molecule has 5 rings (SSSR count). The predicted octanol–water partition coefficient (Wildman–Crippen LogP) is 3.41. The molecule has 0 unspecified atom stereocenters. The molecule has 1 fully saturated rings. The van der Waals surface area contributed by atoms with Crippen LogP contribution in [0.2, 0.25) is 0 Å². The van der Waals surface area contributed by atoms with Gasteiger partial charge >= 0.3 is 0 Å². The minimum absolute atomic E-state index is 0.265. The number of nitrogens with one attached hydrogen (secondary N) is 2. The summed E-state index contributed by atoms with van der Waals surface area (Å²) in [6, 6.07) is 15.8. The molecule has 4 aromatic rings. The van der Waals surface area contributed by atoms with Crippen molar-refractivity contribution in [1.29, 1.82) is 0 Å². The highest BCUT2D eigenvalue weighted by molar-refractivity contribution is 5.99. The Hall–Kier alpha value is -4.24. The third-order valence-corrected chi connectivity index (χ3v) is 5.86. The van der Waals surface area contributed by atoms with Gasteiger partial charge < -0.3 is 20.4 Å². The summed E-state index contributed by atoms with van der Waals surface area (Å²) >= 11 is 0. The van der Waals surface area contributed by atoms with E-state index in [-0.39, 0.29) is 5.91 Å². The molecular formula is C25H26N8O. The lowest BCUT2D eigenvalue weighted by molar-refractivity contribution is -0.111. The van der Waals surface area contributed by atoms with Gasteiger partial charge in [0.1, 0.15) is 18.3 Å². The second kappa shape index (κ2) is 9.32. The molecule has 0 radical (unpaired) electrons. The molecule has 0 spiro atoms. The Bertz CT molecular complexity index is 1320. The molecule has 3 heterocycles. The first-order chi connectivity index (χ1) is 16.6. The molecule has 1 aliphatic heterocycles. The topological polar surface area (TPSA) is 90.7 Å². The average molecular weight is 455 g/mol. The van der Waals surface area contributed by atoms with Gasteiger partial charge in [-0.05, 0) is 49.5 Å². The number of imidazole rings is 1. The fourth-order valence-corrected chi connectivity index (χ4v) is 3.95. The van der Waals surface area contributed by atoms with Gasteiger partial charge in [-0.1, -0.05) is 18.7 Å². The number of hydrogen-bond acceptors (Lipinski definition) is 7. The van der Waals surface area contributed by atoms with Crippen LogP contribution in [0.1, 0.15) is 0 Å². The Morgan fingerprint density at radius 1 is 1.00 bits per heavy atom. The summed E-state index contributed by atoms with van der Waals surface area (Å²) in [5.41, 5.74) is 5.00. The van der Waals surface area contributed by atoms with Gasteiger partial charge in [-0.15, -0.1) is 0 Å². The Morgan fingerprint density at radius 3 is 2.53 bits per heavy atom. The summed E-state index contributed by atoms with van der Waals surface area (Å²) in [6.45, 7) is 7.71. The lowest BCUT2D eigenvalue weighted by Crippen LogP contribution is -2.44. The summed E-state index contributed by atoms with van der Waals surface area (Å²) in [4.78, 5) is 30.0. The fourth-order valence-electron chi connectivity index (χ4n) is 3.95. The van der Waals surface area contributed by atoms with E-state index in [1.807, 2.05) is 36.4 Å². The van der Waals surface area contributed by atoms with Crippen molar-refractivity contribution in [2.45, 2.75) is 0 Å². The van der Waals surface area contributed by atoms with E-state index in [1.165, 1.54) is 11.8 Å². The molecule has 9 heteroatoms. The van der Waals surface area contributed by atoms with E-state index in [0.717, 1.165) is 37.4 Å². The lowest BCUT2D eigenvalue weighted by Gasteiger charge is -2.34. The van der Waals surface area contributed by atoms with Gasteiger partial charge in [0.05, 0.1) is 0 Å². The summed E-state index contributed by atoms with van der Waals surface area (Å²) < 4.78 is 1.77. The van der Waals surface area contributed by atoms with Crippen molar-refractivity contribution in [3.05, 3.63) is 73.8 Å². The number of carbonyl (C=O) groups is 1. The lowest BCUT2D eigenvalue weighted by atomic mass is 10.1. The maximum Gasteiger partial charge on any atom is 0.247 e. The van der Waals surface area contributed by atoms with Crippen molar-refractivity contribution in [2.75, 3.05) is 48.8 Å². The van der Waals surface area contributed by atoms with Crippen molar-refractivity contribution >= 4 is 34.6 Å². The molecule has 0 bridgehead atoms. The first kappa shape index (κ1) is 21.6. The maximum absolute atomic E-state index is 11.7. The number of piperazine rings is 1. The first-order valence-corrected chi connectivity index (χ1v) is 11.1. The van der Waals surface area contributed by atoms with Crippen LogP contribution >= 0.6 is 0 Å². The quantitative estimate of drug-likeness (QED) is 0.432. The number of benzene rings is 2. The minimum Gasteiger partial charge on any atom is -0.369 e. The molecule has 2 N–H and O–H groups in total. The Labute approximate surface area is 197 Å². The number of fused-ring (bicyclic) bond motifs is 1. The number of amides is 1. The number of hydrogen-bond donors (Lipinski definition) is 2. The van der Waals surface area contributed by atoms with E-state index in [0.29, 0.717) is 23.0 Å². The van der Waals surface area contributed by atoms with Crippen molar-refractivity contribution < 1.29 is 4.79 Å². The third-order valence-electron chi connectivity index (χ3n) is 5.86. The van der Waals surface area contributed by atoms with Crippen LogP contribution in [-0.2, 0) is 4.79 Å². The van der Waals surface area contributed by atoms with Crippen molar-refractivity contribution in [2.24, 2.45) is 0 Å². The molecule has 34 heavy (non-hydrogen) atoms. The van der Waals surface area contributed by atoms with Crippen molar-refractivity contribution in [3.63, 3.8) is 0 Å². The van der Waals surface area contributed by atoms with E-state index in [9.17, 15) is 4.79 Å². The van der Waals surface area contributed by atoms with E-state index in [1.54, 1.807) is 17.1 Å². The van der Waals surface area contributed by atoms with E-state index in [2.05, 4.69) is 56.2 Å². The van der Waals surface area contributed by atoms with Crippen LogP contribution in [0.4, 0.5) is 23.0 Å². The molecule has 0 aliphatic carbocycles. The fraction of sp³-hybridized carbons (Fsp3) is 0.200. The predicted molar refractivity (Wildman–Crippen MR) is 134 cm³/mol. The highest BCUT2D eigenvalue weighted by atomic mass is 16.1. The SMILES string of the molecule is C=CC(=O)Nc1cccc(-c2ncn3cnc(Nc4ccc(N5CCN(C)CC5)cc4)nc23)c1. The van der Waals surface area contributed by atoms with Gasteiger partial charge in [-0.3, -0.25) is 9.20 Å². The zero-order valence-electron chi connectivity index (χ0n) is 19.0. The van der Waals surface area contributed by atoms with Crippen molar-refractivity contribution in [1.82, 2.24) is 24.3 Å². The Balaban J connectivity index is 1.36. The molecule has 2 aromatic carbocycles. The van der Waals surface area contributed by atoms with Crippen LogP contribution in [0.5, 0.6) is 0 Å². The Kier molecular flexibility index (Phi) is 5.92. The third kappa shape index (κ3) is 4.60. The standard InChI is InChI=1S/C25H26N8O/c1-3-22(34)28-20-6-4-5-18(15-20)23-24-30-25(27-17-33(24)16-26-23)29-19-7-9-21(10-8-19)32-13-11-31(2)12-14-32/h3-10,15-17H,1,11-14H2,2H3,(H,28,34)(H,29,30). The van der Waals surface area contributed by atoms with Gasteiger partial charge in [0, 0.05) is 48.8 Å². The van der Waals surface area contributed by atoms with Gasteiger partial charge in [0.2, 0.25) is 11.9 Å².